The summed E-state index contributed by atoms with van der Waals surface area (Å²) in [6.45, 7) is 2.28. The van der Waals surface area contributed by atoms with Gasteiger partial charge in [0.05, 0.1) is 25.4 Å². The van der Waals surface area contributed by atoms with Crippen molar-refractivity contribution in [3.63, 3.8) is 0 Å². The molecule has 0 aromatic carbocycles. The number of aryl methyl sites for hydroxylation is 1. The Morgan fingerprint density at radius 3 is 2.78 bits per heavy atom. The van der Waals surface area contributed by atoms with E-state index in [1.54, 1.807) is 6.92 Å². The van der Waals surface area contributed by atoms with Crippen LogP contribution in [-0.4, -0.2) is 48.8 Å². The molecular formula is C14H17N3O5S. The van der Waals surface area contributed by atoms with E-state index in [1.807, 2.05) is 0 Å². The lowest BCUT2D eigenvalue weighted by Gasteiger charge is -2.06. The van der Waals surface area contributed by atoms with Gasteiger partial charge in [0, 0.05) is 13.7 Å². The molecule has 0 saturated carbocycles. The van der Waals surface area contributed by atoms with Crippen LogP contribution in [0.1, 0.15) is 15.2 Å². The number of fused-ring (bicyclic) bond motifs is 1. The molecule has 1 N–H and O–H groups in total. The number of ether oxygens (including phenoxy) is 2. The molecule has 2 rings (SSSR count). The summed E-state index contributed by atoms with van der Waals surface area (Å²) < 4.78 is 10.7. The summed E-state index contributed by atoms with van der Waals surface area (Å²) in [6.07, 6.45) is 1.30. The van der Waals surface area contributed by atoms with E-state index in [0.717, 1.165) is 11.3 Å². The van der Waals surface area contributed by atoms with Crippen LogP contribution in [-0.2, 0) is 20.8 Å². The number of carbonyl (C=O) groups is 2. The van der Waals surface area contributed by atoms with Gasteiger partial charge in [0.2, 0.25) is 5.91 Å². The highest BCUT2D eigenvalue weighted by Gasteiger charge is 2.20. The standard InChI is InChI=1S/C14H17N3O5S/c1-8-10-12(23-11(8)14(20)22-3)16-7-17(13(10)19)6-9(18)15-4-5-21-2/h7H,4-6H2,1-3H3,(H,15,18). The predicted molar refractivity (Wildman–Crippen MR) is 84.8 cm³/mol. The van der Waals surface area contributed by atoms with E-state index in [1.165, 1.54) is 25.1 Å². The van der Waals surface area contributed by atoms with Gasteiger partial charge in [0.1, 0.15) is 16.3 Å². The zero-order valence-corrected chi connectivity index (χ0v) is 13.9. The molecule has 9 heteroatoms. The lowest BCUT2D eigenvalue weighted by Crippen LogP contribution is -2.34. The predicted octanol–water partition coefficient (Wildman–Crippen LogP) is 0.316. The largest absolute Gasteiger partial charge is 0.465 e. The average molecular weight is 339 g/mol. The Hall–Kier alpha value is -2.26. The fourth-order valence-corrected chi connectivity index (χ4v) is 3.12. The van der Waals surface area contributed by atoms with E-state index in [4.69, 9.17) is 9.47 Å². The number of amides is 1. The van der Waals surface area contributed by atoms with Crippen molar-refractivity contribution in [1.82, 2.24) is 14.9 Å². The second-order valence-corrected chi connectivity index (χ2v) is 5.75. The number of hydrogen-bond donors (Lipinski definition) is 1. The zero-order valence-electron chi connectivity index (χ0n) is 13.0. The van der Waals surface area contributed by atoms with Crippen LogP contribution in [0.2, 0.25) is 0 Å². The third-order valence-corrected chi connectivity index (χ3v) is 4.41. The van der Waals surface area contributed by atoms with E-state index < -0.39 is 5.97 Å². The van der Waals surface area contributed by atoms with Crippen LogP contribution in [0.3, 0.4) is 0 Å². The third kappa shape index (κ3) is 3.57. The zero-order chi connectivity index (χ0) is 17.0. The fraction of sp³-hybridized carbons (Fsp3) is 0.429. The number of nitrogens with one attached hydrogen (secondary N) is 1. The van der Waals surface area contributed by atoms with Crippen LogP contribution in [0, 0.1) is 6.92 Å². The topological polar surface area (TPSA) is 99.5 Å². The summed E-state index contributed by atoms with van der Waals surface area (Å²) >= 11 is 1.10. The second kappa shape index (κ2) is 7.34. The molecule has 0 aliphatic carbocycles. The van der Waals surface area contributed by atoms with Gasteiger partial charge >= 0.3 is 5.97 Å². The quantitative estimate of drug-likeness (QED) is 0.601. The second-order valence-electron chi connectivity index (χ2n) is 4.75. The molecule has 8 nitrogen and oxygen atoms in total. The first-order valence-corrected chi connectivity index (χ1v) is 7.63. The number of methoxy groups -OCH3 is 2. The minimum absolute atomic E-state index is 0.145. The highest BCUT2D eigenvalue weighted by Crippen LogP contribution is 2.27. The number of thiophene rings is 1. The summed E-state index contributed by atoms with van der Waals surface area (Å²) in [5, 5.41) is 2.97. The first-order valence-electron chi connectivity index (χ1n) is 6.82. The molecule has 0 bridgehead atoms. The van der Waals surface area contributed by atoms with Crippen LogP contribution >= 0.6 is 11.3 Å². The van der Waals surface area contributed by atoms with Gasteiger partial charge in [-0.25, -0.2) is 9.78 Å². The molecule has 0 atom stereocenters. The number of hydrogen-bond acceptors (Lipinski definition) is 7. The van der Waals surface area contributed by atoms with Gasteiger partial charge in [-0.1, -0.05) is 0 Å². The molecule has 0 radical (unpaired) electrons. The van der Waals surface area contributed by atoms with Gasteiger partial charge in [-0.3, -0.25) is 14.2 Å². The lowest BCUT2D eigenvalue weighted by atomic mass is 10.2. The number of esters is 1. The van der Waals surface area contributed by atoms with Crippen molar-refractivity contribution >= 4 is 33.4 Å². The highest BCUT2D eigenvalue weighted by molar-refractivity contribution is 7.20. The molecule has 0 unspecified atom stereocenters. The molecule has 2 aromatic heterocycles. The van der Waals surface area contributed by atoms with Crippen LogP contribution in [0.4, 0.5) is 0 Å². The summed E-state index contributed by atoms with van der Waals surface area (Å²) in [7, 11) is 2.81. The molecule has 2 aromatic rings. The van der Waals surface area contributed by atoms with Crippen molar-refractivity contribution in [3.8, 4) is 0 Å². The summed E-state index contributed by atoms with van der Waals surface area (Å²) in [5.41, 5.74) is 0.157. The van der Waals surface area contributed by atoms with Crippen molar-refractivity contribution < 1.29 is 19.1 Å². The summed E-state index contributed by atoms with van der Waals surface area (Å²) in [5.74, 6) is -0.819. The van der Waals surface area contributed by atoms with E-state index in [2.05, 4.69) is 10.3 Å². The van der Waals surface area contributed by atoms with Crippen molar-refractivity contribution in [2.24, 2.45) is 0 Å². The summed E-state index contributed by atoms with van der Waals surface area (Å²) in [6, 6.07) is 0. The maximum absolute atomic E-state index is 12.5. The number of nitrogens with zero attached hydrogens (tertiary/aromatic N) is 2. The summed E-state index contributed by atoms with van der Waals surface area (Å²) in [4.78, 5) is 41.0. The highest BCUT2D eigenvalue weighted by atomic mass is 32.1. The minimum Gasteiger partial charge on any atom is -0.465 e. The normalized spacial score (nSPS) is 10.7. The molecule has 0 saturated heterocycles. The number of rotatable bonds is 6. The van der Waals surface area contributed by atoms with Crippen molar-refractivity contribution in [2.75, 3.05) is 27.4 Å². The SMILES string of the molecule is COCCNC(=O)Cn1cnc2sc(C(=O)OC)c(C)c2c1=O. The van der Waals surface area contributed by atoms with Gasteiger partial charge in [0.15, 0.2) is 0 Å². The minimum atomic E-state index is -0.506. The lowest BCUT2D eigenvalue weighted by molar-refractivity contribution is -0.121. The average Bonchev–Trinajstić information content (AvgIpc) is 2.87. The monoisotopic (exact) mass is 339 g/mol. The van der Waals surface area contributed by atoms with Crippen molar-refractivity contribution in [1.29, 1.82) is 0 Å². The number of carbonyl (C=O) groups excluding carboxylic acids is 2. The molecule has 0 fully saturated rings. The molecule has 0 aliphatic heterocycles. The Morgan fingerprint density at radius 2 is 2.13 bits per heavy atom. The van der Waals surface area contributed by atoms with Gasteiger partial charge in [-0.05, 0) is 12.5 Å². The van der Waals surface area contributed by atoms with E-state index >= 15 is 0 Å². The van der Waals surface area contributed by atoms with Crippen molar-refractivity contribution in [2.45, 2.75) is 13.5 Å². The van der Waals surface area contributed by atoms with Crippen LogP contribution in [0.25, 0.3) is 10.2 Å². The first-order chi connectivity index (χ1) is 11.0. The van der Waals surface area contributed by atoms with Crippen LogP contribution < -0.4 is 10.9 Å². The van der Waals surface area contributed by atoms with Crippen LogP contribution in [0.15, 0.2) is 11.1 Å². The molecule has 2 heterocycles. The Labute approximate surface area is 136 Å². The van der Waals surface area contributed by atoms with E-state index in [-0.39, 0.29) is 18.0 Å². The van der Waals surface area contributed by atoms with E-state index in [0.29, 0.717) is 33.8 Å². The fourth-order valence-electron chi connectivity index (χ4n) is 2.06. The van der Waals surface area contributed by atoms with E-state index in [9.17, 15) is 14.4 Å². The van der Waals surface area contributed by atoms with Crippen molar-refractivity contribution in [3.05, 3.63) is 27.1 Å². The maximum atomic E-state index is 12.5. The van der Waals surface area contributed by atoms with Gasteiger partial charge in [-0.2, -0.15) is 0 Å². The smallest absolute Gasteiger partial charge is 0.348 e. The Balaban J connectivity index is 2.32. The van der Waals surface area contributed by atoms with Gasteiger partial charge in [0.25, 0.3) is 5.56 Å². The maximum Gasteiger partial charge on any atom is 0.348 e. The van der Waals surface area contributed by atoms with Gasteiger partial charge < -0.3 is 14.8 Å². The molecule has 1 amide bonds. The Kier molecular flexibility index (Phi) is 5.45. The molecule has 0 spiro atoms. The molecular weight excluding hydrogens is 322 g/mol. The Bertz CT molecular complexity index is 796. The molecule has 23 heavy (non-hydrogen) atoms. The first kappa shape index (κ1) is 17.1. The van der Waals surface area contributed by atoms with Crippen LogP contribution in [0.5, 0.6) is 0 Å². The third-order valence-electron chi connectivity index (χ3n) is 3.23. The Morgan fingerprint density at radius 1 is 1.39 bits per heavy atom. The molecule has 0 aliphatic rings. The van der Waals surface area contributed by atoms with Gasteiger partial charge in [-0.15, -0.1) is 11.3 Å². The molecule has 124 valence electrons. The number of aromatic nitrogens is 2.